The van der Waals surface area contributed by atoms with Crippen LogP contribution < -0.4 is 11.4 Å². The molecule has 2 aromatic carbocycles. The van der Waals surface area contributed by atoms with Crippen molar-refractivity contribution in [3.63, 3.8) is 0 Å². The Balaban J connectivity index is 1.21. The number of nitrogens with zero attached hydrogens (tertiary/aromatic N) is 4. The van der Waals surface area contributed by atoms with Gasteiger partial charge in [0.05, 0.1) is 33.8 Å². The molecule has 6 rings (SSSR count). The molecule has 1 aromatic heterocycles. The molecular weight excluding hydrogens is 654 g/mol. The van der Waals surface area contributed by atoms with Gasteiger partial charge in [-0.05, 0) is 87.9 Å². The minimum absolute atomic E-state index is 0.182. The Labute approximate surface area is 279 Å². The zero-order valence-corrected chi connectivity index (χ0v) is 27.0. The normalized spacial score (nSPS) is 19.6. The fourth-order valence-electron chi connectivity index (χ4n) is 7.80. The fourth-order valence-corrected chi connectivity index (χ4v) is 7.80. The zero-order valence-electron chi connectivity index (χ0n) is 27.0. The van der Waals surface area contributed by atoms with Gasteiger partial charge in [0.15, 0.2) is 0 Å². The summed E-state index contributed by atoms with van der Waals surface area (Å²) in [5.74, 6) is -2.07. The maximum absolute atomic E-state index is 14.0. The number of halogens is 6. The zero-order chi connectivity index (χ0) is 35.1. The van der Waals surface area contributed by atoms with Crippen LogP contribution >= 0.6 is 0 Å². The van der Waals surface area contributed by atoms with E-state index in [4.69, 9.17) is 5.73 Å². The first-order valence-corrected chi connectivity index (χ1v) is 16.8. The number of H-pyrrole nitrogens is 1. The van der Waals surface area contributed by atoms with Crippen LogP contribution in [0, 0.1) is 5.92 Å². The number of amides is 2. The number of carbonyl (C=O) groups excluding carboxylic acids is 2. The SMILES string of the molecule is Nc1c(C(F)(F)F)cc(C[C@@H](CC(=O)N2CCC(n3c(=O)[nH]c4ccccc43)CC2)C(=O)N2CCC(N3CCCC3)CC2)cc1C(F)(F)F. The van der Waals surface area contributed by atoms with E-state index in [0.717, 1.165) is 31.4 Å². The lowest BCUT2D eigenvalue weighted by atomic mass is 9.90. The highest BCUT2D eigenvalue weighted by molar-refractivity contribution is 5.86. The number of anilines is 1. The molecule has 266 valence electrons. The van der Waals surface area contributed by atoms with Crippen LogP contribution in [-0.2, 0) is 28.4 Å². The van der Waals surface area contributed by atoms with Crippen LogP contribution in [-0.4, -0.2) is 81.4 Å². The number of aromatic amines is 1. The first-order chi connectivity index (χ1) is 23.2. The van der Waals surface area contributed by atoms with E-state index < -0.39 is 53.3 Å². The maximum atomic E-state index is 14.0. The predicted molar refractivity (Wildman–Crippen MR) is 170 cm³/mol. The Bertz CT molecular complexity index is 1690. The van der Waals surface area contributed by atoms with Crippen molar-refractivity contribution in [1.82, 2.24) is 24.3 Å². The Morgan fingerprint density at radius 3 is 1.96 bits per heavy atom. The van der Waals surface area contributed by atoms with Crippen LogP contribution in [0.2, 0.25) is 0 Å². The number of hydrogen-bond donors (Lipinski definition) is 2. The molecule has 0 unspecified atom stereocenters. The smallest absolute Gasteiger partial charge is 0.398 e. The lowest BCUT2D eigenvalue weighted by molar-refractivity contribution is -0.143. The third kappa shape index (κ3) is 7.46. The van der Waals surface area contributed by atoms with Crippen LogP contribution in [0.1, 0.15) is 67.7 Å². The molecular formula is C34H40F6N6O3. The van der Waals surface area contributed by atoms with Crippen LogP contribution in [0.3, 0.4) is 0 Å². The number of aromatic nitrogens is 2. The molecule has 3 aromatic rings. The second kappa shape index (κ2) is 13.7. The molecule has 2 amide bonds. The summed E-state index contributed by atoms with van der Waals surface area (Å²) in [4.78, 5) is 48.8. The van der Waals surface area contributed by atoms with Gasteiger partial charge in [-0.25, -0.2) is 4.79 Å². The van der Waals surface area contributed by atoms with Gasteiger partial charge in [0.25, 0.3) is 0 Å². The van der Waals surface area contributed by atoms with Gasteiger partial charge in [0.2, 0.25) is 11.8 Å². The van der Waals surface area contributed by atoms with E-state index >= 15 is 0 Å². The number of likely N-dealkylation sites (tertiary alicyclic amines) is 3. The summed E-state index contributed by atoms with van der Waals surface area (Å²) in [5.41, 5.74) is 1.49. The molecule has 4 heterocycles. The number of piperidine rings is 2. The average molecular weight is 695 g/mol. The number of alkyl halides is 6. The quantitative estimate of drug-likeness (QED) is 0.253. The maximum Gasteiger partial charge on any atom is 0.418 e. The molecule has 3 N–H and O–H groups in total. The molecule has 0 bridgehead atoms. The average Bonchev–Trinajstić information content (AvgIpc) is 3.72. The summed E-state index contributed by atoms with van der Waals surface area (Å²) in [7, 11) is 0. The standard InChI is InChI=1S/C34H40F6N6O3/c35-33(36,37)25-18-21(19-26(30(25)41)34(38,39)40)17-22(31(48)45-15-7-23(8-16-45)43-11-3-4-12-43)20-29(47)44-13-9-24(10-14-44)46-28-6-2-1-5-27(28)42-32(46)49/h1-2,5-6,18-19,22-24H,3-4,7-17,20,41H2,(H,42,49)/t22-/m0/s1. The van der Waals surface area contributed by atoms with Crippen molar-refractivity contribution in [2.24, 2.45) is 5.92 Å². The van der Waals surface area contributed by atoms with E-state index in [1.165, 1.54) is 0 Å². The van der Waals surface area contributed by atoms with Crippen molar-refractivity contribution in [3.05, 3.63) is 63.6 Å². The molecule has 3 saturated heterocycles. The van der Waals surface area contributed by atoms with Crippen LogP contribution in [0.25, 0.3) is 11.0 Å². The second-order valence-electron chi connectivity index (χ2n) is 13.4. The molecule has 49 heavy (non-hydrogen) atoms. The van der Waals surface area contributed by atoms with Crippen molar-refractivity contribution < 1.29 is 35.9 Å². The number of benzene rings is 2. The predicted octanol–water partition coefficient (Wildman–Crippen LogP) is 5.45. The summed E-state index contributed by atoms with van der Waals surface area (Å²) >= 11 is 0. The summed E-state index contributed by atoms with van der Waals surface area (Å²) in [6.45, 7) is 3.30. The van der Waals surface area contributed by atoms with E-state index in [9.17, 15) is 40.7 Å². The van der Waals surface area contributed by atoms with Gasteiger partial charge in [-0.15, -0.1) is 0 Å². The minimum atomic E-state index is -5.16. The highest BCUT2D eigenvalue weighted by atomic mass is 19.4. The number of carbonyl (C=O) groups is 2. The molecule has 3 fully saturated rings. The van der Waals surface area contributed by atoms with Gasteiger partial charge >= 0.3 is 18.0 Å². The Morgan fingerprint density at radius 1 is 0.816 bits per heavy atom. The molecule has 0 saturated carbocycles. The molecule has 3 aliphatic heterocycles. The molecule has 0 spiro atoms. The van der Waals surface area contributed by atoms with Gasteiger partial charge in [-0.2, -0.15) is 26.3 Å². The van der Waals surface area contributed by atoms with E-state index in [1.54, 1.807) is 20.4 Å². The Hall–Kier alpha value is -4.01. The lowest BCUT2D eigenvalue weighted by Crippen LogP contribution is -2.48. The fraction of sp³-hybridized carbons (Fsp3) is 0.559. The molecule has 3 aliphatic rings. The summed E-state index contributed by atoms with van der Waals surface area (Å²) in [5, 5.41) is 0. The third-order valence-electron chi connectivity index (χ3n) is 10.3. The van der Waals surface area contributed by atoms with E-state index in [-0.39, 0.29) is 36.8 Å². The number of rotatable bonds is 7. The topological polar surface area (TPSA) is 108 Å². The van der Waals surface area contributed by atoms with Crippen molar-refractivity contribution in [2.45, 2.75) is 75.8 Å². The lowest BCUT2D eigenvalue weighted by Gasteiger charge is -2.38. The molecule has 0 aliphatic carbocycles. The van der Waals surface area contributed by atoms with E-state index in [2.05, 4.69) is 9.88 Å². The minimum Gasteiger partial charge on any atom is -0.398 e. The molecule has 0 radical (unpaired) electrons. The number of fused-ring (bicyclic) bond motifs is 1. The van der Waals surface area contributed by atoms with Crippen molar-refractivity contribution in [1.29, 1.82) is 0 Å². The number of hydrogen-bond acceptors (Lipinski definition) is 5. The van der Waals surface area contributed by atoms with Crippen molar-refractivity contribution in [3.8, 4) is 0 Å². The second-order valence-corrected chi connectivity index (χ2v) is 13.4. The Morgan fingerprint density at radius 2 is 1.37 bits per heavy atom. The summed E-state index contributed by atoms with van der Waals surface area (Å²) in [6.07, 6.45) is -6.66. The van der Waals surface area contributed by atoms with E-state index in [1.807, 2.05) is 18.2 Å². The molecule has 1 atom stereocenters. The first kappa shape index (κ1) is 34.8. The monoisotopic (exact) mass is 694 g/mol. The summed E-state index contributed by atoms with van der Waals surface area (Å²) in [6, 6.07) is 8.51. The number of para-hydroxylation sites is 2. The number of nitrogen functional groups attached to an aromatic ring is 1. The number of imidazole rings is 1. The van der Waals surface area contributed by atoms with Crippen LogP contribution in [0.15, 0.2) is 41.2 Å². The van der Waals surface area contributed by atoms with E-state index in [0.29, 0.717) is 62.5 Å². The van der Waals surface area contributed by atoms with Gasteiger partial charge < -0.3 is 25.4 Å². The third-order valence-corrected chi connectivity index (χ3v) is 10.3. The Kier molecular flexibility index (Phi) is 9.75. The highest BCUT2D eigenvalue weighted by Gasteiger charge is 2.42. The molecule has 9 nitrogen and oxygen atoms in total. The van der Waals surface area contributed by atoms with Crippen LogP contribution in [0.4, 0.5) is 32.0 Å². The molecule has 15 heteroatoms. The largest absolute Gasteiger partial charge is 0.418 e. The van der Waals surface area contributed by atoms with Gasteiger partial charge in [0, 0.05) is 44.7 Å². The van der Waals surface area contributed by atoms with Gasteiger partial charge in [0.1, 0.15) is 0 Å². The van der Waals surface area contributed by atoms with Gasteiger partial charge in [-0.3, -0.25) is 14.2 Å². The number of nitrogens with one attached hydrogen (secondary N) is 1. The first-order valence-electron chi connectivity index (χ1n) is 16.8. The van der Waals surface area contributed by atoms with Crippen LogP contribution in [0.5, 0.6) is 0 Å². The highest BCUT2D eigenvalue weighted by Crippen LogP contribution is 2.42. The summed E-state index contributed by atoms with van der Waals surface area (Å²) < 4.78 is 84.7. The number of nitrogens with two attached hydrogens (primary N) is 1. The van der Waals surface area contributed by atoms with Crippen molar-refractivity contribution in [2.75, 3.05) is 45.0 Å². The van der Waals surface area contributed by atoms with Gasteiger partial charge in [-0.1, -0.05) is 12.1 Å². The van der Waals surface area contributed by atoms with Crippen molar-refractivity contribution >= 4 is 28.5 Å².